The second kappa shape index (κ2) is 7.93. The van der Waals surface area contributed by atoms with Gasteiger partial charge in [0.05, 0.1) is 11.6 Å². The predicted molar refractivity (Wildman–Crippen MR) is 93.6 cm³/mol. The van der Waals surface area contributed by atoms with Gasteiger partial charge in [-0.2, -0.15) is 5.26 Å². The summed E-state index contributed by atoms with van der Waals surface area (Å²) in [6.45, 7) is 3.69. The van der Waals surface area contributed by atoms with Gasteiger partial charge in [0.1, 0.15) is 0 Å². The van der Waals surface area contributed by atoms with E-state index in [1.165, 1.54) is 11.8 Å². The van der Waals surface area contributed by atoms with Gasteiger partial charge in [-0.15, -0.1) is 0 Å². The Kier molecular flexibility index (Phi) is 5.69. The highest BCUT2D eigenvalue weighted by molar-refractivity contribution is 5.94. The van der Waals surface area contributed by atoms with Crippen LogP contribution in [0.3, 0.4) is 0 Å². The molecule has 0 saturated heterocycles. The number of carbonyl (C=O) groups excluding carboxylic acids is 2. The number of nitrogens with one attached hydrogen (secondary N) is 1. The van der Waals surface area contributed by atoms with Crippen LogP contribution in [0.15, 0.2) is 48.5 Å². The average Bonchev–Trinajstić information content (AvgIpc) is 2.55. The van der Waals surface area contributed by atoms with Crippen LogP contribution < -0.4 is 10.2 Å². The summed E-state index contributed by atoms with van der Waals surface area (Å²) in [4.78, 5) is 25.5. The first-order valence-electron chi connectivity index (χ1n) is 7.64. The Labute approximate surface area is 141 Å². The van der Waals surface area contributed by atoms with E-state index < -0.39 is 0 Å². The number of nitriles is 1. The number of nitrogens with zero attached hydrogens (tertiary/aromatic N) is 2. The number of rotatable bonds is 5. The fraction of sp³-hybridized carbons (Fsp3) is 0.211. The van der Waals surface area contributed by atoms with Gasteiger partial charge in [-0.1, -0.05) is 12.1 Å². The molecule has 5 nitrogen and oxygen atoms in total. The lowest BCUT2D eigenvalue weighted by molar-refractivity contribution is -0.117. The van der Waals surface area contributed by atoms with Crippen molar-refractivity contribution in [1.82, 2.24) is 0 Å². The lowest BCUT2D eigenvalue weighted by atomic mass is 10.2. The molecule has 2 aromatic rings. The Morgan fingerprint density at radius 3 is 2.46 bits per heavy atom. The third kappa shape index (κ3) is 4.68. The van der Waals surface area contributed by atoms with Crippen LogP contribution in [0.2, 0.25) is 0 Å². The normalized spacial score (nSPS) is 9.88. The maximum absolute atomic E-state index is 12.1. The van der Waals surface area contributed by atoms with Gasteiger partial charge in [0.15, 0.2) is 0 Å². The number of amides is 2. The summed E-state index contributed by atoms with van der Waals surface area (Å²) in [5.74, 6) is -0.302. The summed E-state index contributed by atoms with van der Waals surface area (Å²) in [5.41, 5.74) is 3.01. The maximum atomic E-state index is 12.1. The van der Waals surface area contributed by atoms with Crippen LogP contribution >= 0.6 is 0 Å². The summed E-state index contributed by atoms with van der Waals surface area (Å²) >= 11 is 0. The molecule has 1 N–H and O–H groups in total. The molecule has 0 bridgehead atoms. The van der Waals surface area contributed by atoms with Crippen molar-refractivity contribution in [2.45, 2.75) is 20.3 Å². The van der Waals surface area contributed by atoms with Crippen molar-refractivity contribution in [2.24, 2.45) is 0 Å². The van der Waals surface area contributed by atoms with E-state index in [1.54, 1.807) is 24.3 Å². The Morgan fingerprint density at radius 2 is 1.88 bits per heavy atom. The van der Waals surface area contributed by atoms with Crippen LogP contribution in [0.1, 0.15) is 24.5 Å². The lowest BCUT2D eigenvalue weighted by Crippen LogP contribution is -2.31. The number of aryl methyl sites for hydroxylation is 1. The number of benzene rings is 2. The van der Waals surface area contributed by atoms with Crippen molar-refractivity contribution < 1.29 is 9.59 Å². The zero-order valence-corrected chi connectivity index (χ0v) is 13.7. The predicted octanol–water partition coefficient (Wildman–Crippen LogP) is 3.25. The first-order valence-corrected chi connectivity index (χ1v) is 7.64. The molecule has 2 amide bonds. The third-order valence-electron chi connectivity index (χ3n) is 3.55. The Balaban J connectivity index is 1.99. The molecule has 0 aliphatic carbocycles. The Bertz CT molecular complexity index is 776. The molecule has 0 aliphatic heterocycles. The largest absolute Gasteiger partial charge is 0.326 e. The maximum Gasteiger partial charge on any atom is 0.226 e. The van der Waals surface area contributed by atoms with Crippen LogP contribution in [-0.2, 0) is 9.59 Å². The van der Waals surface area contributed by atoms with E-state index in [0.29, 0.717) is 11.3 Å². The summed E-state index contributed by atoms with van der Waals surface area (Å²) in [7, 11) is 0. The second-order valence-corrected chi connectivity index (χ2v) is 5.50. The van der Waals surface area contributed by atoms with Gasteiger partial charge in [0.2, 0.25) is 11.8 Å². The third-order valence-corrected chi connectivity index (χ3v) is 3.55. The SMILES string of the molecule is CC(=O)N(CCC(=O)Nc1cccc(C)c1)c1ccc(C#N)cc1. The van der Waals surface area contributed by atoms with Gasteiger partial charge in [-0.3, -0.25) is 9.59 Å². The molecule has 0 unspecified atom stereocenters. The fourth-order valence-corrected chi connectivity index (χ4v) is 2.34. The van der Waals surface area contributed by atoms with Crippen molar-refractivity contribution >= 4 is 23.2 Å². The number of anilines is 2. The number of carbonyl (C=O) groups is 2. The first-order chi connectivity index (χ1) is 11.5. The molecule has 0 radical (unpaired) electrons. The van der Waals surface area contributed by atoms with Gasteiger partial charge in [-0.25, -0.2) is 0 Å². The summed E-state index contributed by atoms with van der Waals surface area (Å²) in [5, 5.41) is 11.7. The van der Waals surface area contributed by atoms with Gasteiger partial charge in [0.25, 0.3) is 0 Å². The molecule has 0 aromatic heterocycles. The van der Waals surface area contributed by atoms with Crippen LogP contribution in [0.4, 0.5) is 11.4 Å². The fourth-order valence-electron chi connectivity index (χ4n) is 2.34. The topological polar surface area (TPSA) is 73.2 Å². The molecule has 2 rings (SSSR count). The standard InChI is InChI=1S/C19H19N3O2/c1-14-4-3-5-17(12-14)21-19(24)10-11-22(15(2)23)18-8-6-16(13-20)7-9-18/h3-9,12H,10-11H2,1-2H3,(H,21,24). The van der Waals surface area contributed by atoms with E-state index in [0.717, 1.165) is 11.3 Å². The van der Waals surface area contributed by atoms with Crippen molar-refractivity contribution in [3.63, 3.8) is 0 Å². The van der Waals surface area contributed by atoms with Gasteiger partial charge >= 0.3 is 0 Å². The minimum absolute atomic E-state index is 0.150. The monoisotopic (exact) mass is 321 g/mol. The van der Waals surface area contributed by atoms with E-state index in [-0.39, 0.29) is 24.8 Å². The van der Waals surface area contributed by atoms with Crippen molar-refractivity contribution in [2.75, 3.05) is 16.8 Å². The quantitative estimate of drug-likeness (QED) is 0.918. The van der Waals surface area contributed by atoms with E-state index in [9.17, 15) is 9.59 Å². The van der Waals surface area contributed by atoms with Crippen molar-refractivity contribution in [3.8, 4) is 6.07 Å². The van der Waals surface area contributed by atoms with Crippen LogP contribution in [0.5, 0.6) is 0 Å². The number of hydrogen-bond donors (Lipinski definition) is 1. The minimum Gasteiger partial charge on any atom is -0.326 e. The molecule has 24 heavy (non-hydrogen) atoms. The van der Waals surface area contributed by atoms with E-state index >= 15 is 0 Å². The summed E-state index contributed by atoms with van der Waals surface area (Å²) in [6, 6.07) is 16.3. The van der Waals surface area contributed by atoms with Crippen LogP contribution in [0.25, 0.3) is 0 Å². The molecule has 0 fully saturated rings. The second-order valence-electron chi connectivity index (χ2n) is 5.50. The average molecular weight is 321 g/mol. The Hall–Kier alpha value is -3.13. The van der Waals surface area contributed by atoms with Crippen molar-refractivity contribution in [1.29, 1.82) is 5.26 Å². The molecular formula is C19H19N3O2. The van der Waals surface area contributed by atoms with Gasteiger partial charge in [-0.05, 0) is 48.9 Å². The molecule has 0 aliphatic rings. The van der Waals surface area contributed by atoms with E-state index in [2.05, 4.69) is 5.32 Å². The summed E-state index contributed by atoms with van der Waals surface area (Å²) < 4.78 is 0. The molecule has 5 heteroatoms. The first kappa shape index (κ1) is 17.2. The lowest BCUT2D eigenvalue weighted by Gasteiger charge is -2.21. The summed E-state index contributed by atoms with van der Waals surface area (Å²) in [6.07, 6.45) is 0.188. The number of hydrogen-bond acceptors (Lipinski definition) is 3. The zero-order valence-electron chi connectivity index (χ0n) is 13.7. The molecule has 0 saturated carbocycles. The van der Waals surface area contributed by atoms with Crippen LogP contribution in [0, 0.1) is 18.3 Å². The molecule has 0 atom stereocenters. The van der Waals surface area contributed by atoms with Crippen LogP contribution in [-0.4, -0.2) is 18.4 Å². The highest BCUT2D eigenvalue weighted by Gasteiger charge is 2.13. The molecule has 0 spiro atoms. The molecular weight excluding hydrogens is 302 g/mol. The minimum atomic E-state index is -0.152. The van der Waals surface area contributed by atoms with Gasteiger partial charge < -0.3 is 10.2 Å². The van der Waals surface area contributed by atoms with Crippen molar-refractivity contribution in [3.05, 3.63) is 59.7 Å². The highest BCUT2D eigenvalue weighted by atomic mass is 16.2. The van der Waals surface area contributed by atoms with Gasteiger partial charge in [0, 0.05) is 31.3 Å². The zero-order chi connectivity index (χ0) is 17.5. The Morgan fingerprint density at radius 1 is 1.17 bits per heavy atom. The molecule has 122 valence electrons. The molecule has 0 heterocycles. The molecule has 2 aromatic carbocycles. The van der Waals surface area contributed by atoms with E-state index in [1.807, 2.05) is 37.3 Å². The highest BCUT2D eigenvalue weighted by Crippen LogP contribution is 2.16. The smallest absolute Gasteiger partial charge is 0.226 e. The van der Waals surface area contributed by atoms with E-state index in [4.69, 9.17) is 5.26 Å².